The molecular weight excluding hydrogens is 407 g/mol. The molecule has 2 aromatic carbocycles. The number of benzene rings is 2. The molecule has 0 atom stereocenters. The quantitative estimate of drug-likeness (QED) is 0.630. The zero-order chi connectivity index (χ0) is 16.1. The van der Waals surface area contributed by atoms with E-state index in [0.29, 0.717) is 18.0 Å². The van der Waals surface area contributed by atoms with E-state index in [1.807, 2.05) is 54.6 Å². The lowest BCUT2D eigenvalue weighted by Crippen LogP contribution is -1.97. The molecule has 23 heavy (non-hydrogen) atoms. The highest BCUT2D eigenvalue weighted by atomic mass is 127. The third-order valence-electron chi connectivity index (χ3n) is 3.27. The number of nitrogens with one attached hydrogen (secondary N) is 1. The van der Waals surface area contributed by atoms with Crippen molar-refractivity contribution in [2.45, 2.75) is 6.61 Å². The molecule has 1 N–H and O–H groups in total. The summed E-state index contributed by atoms with van der Waals surface area (Å²) in [5, 5.41) is 6.76. The number of nitrogens with zero attached hydrogens (tertiary/aromatic N) is 1. The normalized spacial score (nSPS) is 10.3. The van der Waals surface area contributed by atoms with E-state index in [0.717, 1.165) is 16.9 Å². The topological polar surface area (TPSA) is 64.2 Å². The predicted molar refractivity (Wildman–Crippen MR) is 94.2 cm³/mol. The van der Waals surface area contributed by atoms with Crippen LogP contribution in [0, 0.1) is 0 Å². The Kier molecular flexibility index (Phi) is 4.92. The molecule has 5 nitrogen and oxygen atoms in total. The Morgan fingerprint density at radius 2 is 1.83 bits per heavy atom. The van der Waals surface area contributed by atoms with Crippen LogP contribution in [-0.2, 0) is 9.67 Å². The highest BCUT2D eigenvalue weighted by Gasteiger charge is 2.11. The summed E-state index contributed by atoms with van der Waals surface area (Å²) in [7, 11) is 0. The zero-order valence-corrected chi connectivity index (χ0v) is 14.2. The van der Waals surface area contributed by atoms with Crippen LogP contribution in [0.4, 0.5) is 0 Å². The average molecular weight is 420 g/mol. The van der Waals surface area contributed by atoms with Crippen LogP contribution in [0.1, 0.15) is 16.1 Å². The van der Waals surface area contributed by atoms with Gasteiger partial charge in [-0.05, 0) is 35.9 Å². The third kappa shape index (κ3) is 3.89. The maximum absolute atomic E-state index is 11.4. The van der Waals surface area contributed by atoms with Gasteiger partial charge < -0.3 is 7.80 Å². The van der Waals surface area contributed by atoms with Gasteiger partial charge in [-0.3, -0.25) is 5.10 Å². The van der Waals surface area contributed by atoms with Gasteiger partial charge in [-0.25, -0.2) is 4.79 Å². The standard InChI is InChI=1S/C17H13IN2O3/c18-23-17(21)16-10-15(19-20-16)13-6-8-14(9-7-13)22-11-12-4-2-1-3-5-12/h1-10H,11H2,(H,19,20). The molecule has 0 spiro atoms. The number of H-pyrrole nitrogens is 1. The van der Waals surface area contributed by atoms with Gasteiger partial charge in [0.2, 0.25) is 0 Å². The summed E-state index contributed by atoms with van der Waals surface area (Å²) in [6.07, 6.45) is 0. The first kappa shape index (κ1) is 15.5. The van der Waals surface area contributed by atoms with E-state index in [4.69, 9.17) is 4.74 Å². The van der Waals surface area contributed by atoms with Crippen molar-refractivity contribution in [1.29, 1.82) is 0 Å². The number of hydrogen-bond donors (Lipinski definition) is 1. The number of halogens is 1. The number of carbonyl (C=O) groups excluding carboxylic acids is 1. The van der Waals surface area contributed by atoms with E-state index in [-0.39, 0.29) is 0 Å². The first-order valence-electron chi connectivity index (χ1n) is 6.92. The summed E-state index contributed by atoms with van der Waals surface area (Å²) in [6.45, 7) is 0.522. The Hall–Kier alpha value is -2.35. The van der Waals surface area contributed by atoms with Crippen molar-refractivity contribution in [2.75, 3.05) is 0 Å². The lowest BCUT2D eigenvalue weighted by molar-refractivity contribution is 0.0794. The maximum atomic E-state index is 11.4. The highest BCUT2D eigenvalue weighted by Crippen LogP contribution is 2.22. The van der Waals surface area contributed by atoms with Gasteiger partial charge in [0.25, 0.3) is 0 Å². The Labute approximate surface area is 147 Å². The van der Waals surface area contributed by atoms with Gasteiger partial charge in [-0.2, -0.15) is 5.10 Å². The fraction of sp³-hybridized carbons (Fsp3) is 0.0588. The molecule has 0 aliphatic heterocycles. The second kappa shape index (κ2) is 7.28. The molecule has 0 fully saturated rings. The van der Waals surface area contributed by atoms with Crippen LogP contribution < -0.4 is 4.74 Å². The molecule has 1 aromatic heterocycles. The smallest absolute Gasteiger partial charge is 0.365 e. The minimum Gasteiger partial charge on any atom is -0.489 e. The first-order valence-corrected chi connectivity index (χ1v) is 7.80. The molecule has 6 heteroatoms. The molecule has 0 aliphatic carbocycles. The molecule has 3 rings (SSSR count). The van der Waals surface area contributed by atoms with Crippen LogP contribution in [0.15, 0.2) is 60.7 Å². The van der Waals surface area contributed by atoms with Gasteiger partial charge in [0.15, 0.2) is 23.0 Å². The van der Waals surface area contributed by atoms with E-state index in [1.165, 1.54) is 0 Å². The van der Waals surface area contributed by atoms with E-state index >= 15 is 0 Å². The van der Waals surface area contributed by atoms with Crippen molar-refractivity contribution < 1.29 is 12.6 Å². The fourth-order valence-electron chi connectivity index (χ4n) is 2.08. The Morgan fingerprint density at radius 3 is 2.52 bits per heavy atom. The van der Waals surface area contributed by atoms with Crippen LogP contribution in [0.5, 0.6) is 5.75 Å². The largest absolute Gasteiger partial charge is 0.489 e. The Morgan fingerprint density at radius 1 is 1.09 bits per heavy atom. The second-order valence-corrected chi connectivity index (χ2v) is 5.27. The molecule has 1 heterocycles. The van der Waals surface area contributed by atoms with Gasteiger partial charge in [0.05, 0.1) is 5.69 Å². The molecule has 0 radical (unpaired) electrons. The molecule has 0 saturated heterocycles. The molecule has 3 aromatic rings. The van der Waals surface area contributed by atoms with E-state index in [2.05, 4.69) is 13.3 Å². The van der Waals surface area contributed by atoms with Crippen LogP contribution in [0.25, 0.3) is 11.3 Å². The van der Waals surface area contributed by atoms with Crippen molar-refractivity contribution in [3.63, 3.8) is 0 Å². The third-order valence-corrected chi connectivity index (χ3v) is 3.67. The highest BCUT2D eigenvalue weighted by molar-refractivity contribution is 14.1. The number of aromatic nitrogens is 2. The molecule has 0 aliphatic rings. The van der Waals surface area contributed by atoms with Gasteiger partial charge in [0.1, 0.15) is 18.1 Å². The number of hydrogen-bond acceptors (Lipinski definition) is 4. The van der Waals surface area contributed by atoms with Crippen molar-refractivity contribution in [1.82, 2.24) is 10.2 Å². The summed E-state index contributed by atoms with van der Waals surface area (Å²) in [5.41, 5.74) is 3.00. The van der Waals surface area contributed by atoms with E-state index < -0.39 is 5.97 Å². The summed E-state index contributed by atoms with van der Waals surface area (Å²) in [5.74, 6) is 0.326. The second-order valence-electron chi connectivity index (χ2n) is 4.83. The number of rotatable bonds is 5. The van der Waals surface area contributed by atoms with Gasteiger partial charge in [-0.15, -0.1) is 0 Å². The molecule has 116 valence electrons. The molecule has 0 unspecified atom stereocenters. The first-order chi connectivity index (χ1) is 11.3. The SMILES string of the molecule is O=C(OI)c1cc(-c2ccc(OCc3ccccc3)cc2)n[nH]1. The Bertz CT molecular complexity index is 785. The van der Waals surface area contributed by atoms with E-state index in [1.54, 1.807) is 29.1 Å². The summed E-state index contributed by atoms with van der Waals surface area (Å²) >= 11 is 1.55. The number of ether oxygens (including phenoxy) is 1. The summed E-state index contributed by atoms with van der Waals surface area (Å²) < 4.78 is 10.4. The molecule has 0 saturated carbocycles. The predicted octanol–water partition coefficient (Wildman–Crippen LogP) is 4.16. The van der Waals surface area contributed by atoms with Crippen molar-refractivity contribution >= 4 is 29.0 Å². The minimum absolute atomic E-state index is 0.318. The lowest BCUT2D eigenvalue weighted by atomic mass is 10.1. The average Bonchev–Trinajstić information content (AvgIpc) is 3.11. The van der Waals surface area contributed by atoms with Crippen LogP contribution in [0.2, 0.25) is 0 Å². The monoisotopic (exact) mass is 420 g/mol. The Balaban J connectivity index is 1.67. The van der Waals surface area contributed by atoms with Gasteiger partial charge >= 0.3 is 5.97 Å². The number of aromatic amines is 1. The fourth-order valence-corrected chi connectivity index (χ4v) is 2.32. The molecular formula is C17H13IN2O3. The number of carbonyl (C=O) groups is 1. The van der Waals surface area contributed by atoms with Crippen molar-refractivity contribution in [3.8, 4) is 17.0 Å². The van der Waals surface area contributed by atoms with Gasteiger partial charge in [0, 0.05) is 5.56 Å². The van der Waals surface area contributed by atoms with Crippen LogP contribution in [-0.4, -0.2) is 16.2 Å². The van der Waals surface area contributed by atoms with Crippen molar-refractivity contribution in [3.05, 3.63) is 71.9 Å². The van der Waals surface area contributed by atoms with Gasteiger partial charge in [-0.1, -0.05) is 30.3 Å². The van der Waals surface area contributed by atoms with Crippen LogP contribution >= 0.6 is 23.0 Å². The lowest BCUT2D eigenvalue weighted by Gasteiger charge is -2.06. The zero-order valence-electron chi connectivity index (χ0n) is 12.0. The minimum atomic E-state index is -0.452. The van der Waals surface area contributed by atoms with Crippen LogP contribution in [0.3, 0.4) is 0 Å². The van der Waals surface area contributed by atoms with Crippen molar-refractivity contribution in [2.24, 2.45) is 0 Å². The molecule has 0 amide bonds. The summed E-state index contributed by atoms with van der Waals surface area (Å²) in [4.78, 5) is 11.4. The maximum Gasteiger partial charge on any atom is 0.365 e. The van der Waals surface area contributed by atoms with E-state index in [9.17, 15) is 4.79 Å². The molecule has 0 bridgehead atoms. The summed E-state index contributed by atoms with van der Waals surface area (Å²) in [6, 6.07) is 19.2.